The van der Waals surface area contributed by atoms with Crippen molar-refractivity contribution >= 4 is 17.2 Å². The summed E-state index contributed by atoms with van der Waals surface area (Å²) in [4.78, 5) is 7.96. The van der Waals surface area contributed by atoms with E-state index in [0.29, 0.717) is 11.4 Å². The minimum absolute atomic E-state index is 0.154. The van der Waals surface area contributed by atoms with E-state index in [1.165, 1.54) is 12.4 Å². The third-order valence-electron chi connectivity index (χ3n) is 2.99. The molecule has 0 bridgehead atoms. The number of para-hydroxylation sites is 1. The predicted octanol–water partition coefficient (Wildman–Crippen LogP) is 3.87. The maximum atomic E-state index is 13.2. The molecule has 5 nitrogen and oxygen atoms in total. The normalized spacial score (nSPS) is 10.3. The van der Waals surface area contributed by atoms with Crippen molar-refractivity contribution in [2.75, 3.05) is 11.1 Å². The number of nitrogen functional groups attached to an aromatic ring is 1. The molecular formula is C16H12F2N4O. The van der Waals surface area contributed by atoms with E-state index in [2.05, 4.69) is 15.3 Å². The van der Waals surface area contributed by atoms with Crippen LogP contribution in [-0.4, -0.2) is 9.97 Å². The summed E-state index contributed by atoms with van der Waals surface area (Å²) in [6, 6.07) is 12.4. The lowest BCUT2D eigenvalue weighted by atomic mass is 10.3. The van der Waals surface area contributed by atoms with E-state index >= 15 is 0 Å². The molecule has 0 amide bonds. The van der Waals surface area contributed by atoms with E-state index in [-0.39, 0.29) is 17.4 Å². The largest absolute Gasteiger partial charge is 0.437 e. The second kappa shape index (κ2) is 6.27. The van der Waals surface area contributed by atoms with Crippen LogP contribution in [0.25, 0.3) is 0 Å². The van der Waals surface area contributed by atoms with Gasteiger partial charge >= 0.3 is 0 Å². The molecule has 0 spiro atoms. The van der Waals surface area contributed by atoms with Gasteiger partial charge in [-0.2, -0.15) is 4.98 Å². The second-order valence-electron chi connectivity index (χ2n) is 4.61. The fourth-order valence-electron chi connectivity index (χ4n) is 1.87. The van der Waals surface area contributed by atoms with Crippen molar-refractivity contribution in [2.45, 2.75) is 0 Å². The predicted molar refractivity (Wildman–Crippen MR) is 82.6 cm³/mol. The smallest absolute Gasteiger partial charge is 0.248 e. The maximum absolute atomic E-state index is 13.2. The maximum Gasteiger partial charge on any atom is 0.248 e. The van der Waals surface area contributed by atoms with Crippen molar-refractivity contribution in [1.29, 1.82) is 0 Å². The third kappa shape index (κ3) is 3.34. The van der Waals surface area contributed by atoms with E-state index in [0.717, 1.165) is 12.1 Å². The summed E-state index contributed by atoms with van der Waals surface area (Å²) in [6.07, 6.45) is 1.26. The first-order valence-electron chi connectivity index (χ1n) is 6.69. The number of hydrogen-bond donors (Lipinski definition) is 2. The Kier molecular flexibility index (Phi) is 4.01. The Labute approximate surface area is 130 Å². The van der Waals surface area contributed by atoms with Crippen molar-refractivity contribution in [3.8, 4) is 11.6 Å². The van der Waals surface area contributed by atoms with Gasteiger partial charge in [-0.3, -0.25) is 0 Å². The van der Waals surface area contributed by atoms with Crippen LogP contribution in [0.1, 0.15) is 0 Å². The summed E-state index contributed by atoms with van der Waals surface area (Å²) in [6.45, 7) is 0. The monoisotopic (exact) mass is 314 g/mol. The van der Waals surface area contributed by atoms with Gasteiger partial charge in [0.25, 0.3) is 0 Å². The van der Waals surface area contributed by atoms with Gasteiger partial charge in [0.1, 0.15) is 17.8 Å². The Morgan fingerprint density at radius 1 is 0.957 bits per heavy atom. The fraction of sp³-hybridized carbons (Fsp3) is 0. The number of nitrogens with two attached hydrogens (primary N) is 1. The molecule has 0 radical (unpaired) electrons. The first-order chi connectivity index (χ1) is 11.1. The van der Waals surface area contributed by atoms with Crippen molar-refractivity contribution in [2.24, 2.45) is 0 Å². The van der Waals surface area contributed by atoms with E-state index in [1.54, 1.807) is 12.1 Å². The van der Waals surface area contributed by atoms with E-state index < -0.39 is 11.6 Å². The molecule has 0 atom stereocenters. The van der Waals surface area contributed by atoms with Gasteiger partial charge in [-0.25, -0.2) is 13.8 Å². The highest BCUT2D eigenvalue weighted by molar-refractivity contribution is 5.72. The first kappa shape index (κ1) is 14.7. The Balaban J connectivity index is 1.86. The van der Waals surface area contributed by atoms with Gasteiger partial charge in [0.15, 0.2) is 17.5 Å². The lowest BCUT2D eigenvalue weighted by Crippen LogP contribution is -2.03. The molecule has 3 N–H and O–H groups in total. The second-order valence-corrected chi connectivity index (χ2v) is 4.61. The zero-order chi connectivity index (χ0) is 16.2. The van der Waals surface area contributed by atoms with Crippen LogP contribution in [0.15, 0.2) is 54.9 Å². The van der Waals surface area contributed by atoms with Gasteiger partial charge in [0.05, 0.1) is 0 Å². The van der Waals surface area contributed by atoms with Crippen molar-refractivity contribution in [3.63, 3.8) is 0 Å². The number of anilines is 3. The summed E-state index contributed by atoms with van der Waals surface area (Å²) < 4.78 is 31.8. The highest BCUT2D eigenvalue weighted by Crippen LogP contribution is 2.30. The molecule has 116 valence electrons. The average Bonchev–Trinajstić information content (AvgIpc) is 2.56. The number of ether oxygens (including phenoxy) is 1. The molecule has 0 aliphatic rings. The lowest BCUT2D eigenvalue weighted by molar-refractivity contribution is 0.464. The van der Waals surface area contributed by atoms with Crippen LogP contribution in [-0.2, 0) is 0 Å². The molecular weight excluding hydrogens is 302 g/mol. The van der Waals surface area contributed by atoms with E-state index in [4.69, 9.17) is 10.5 Å². The third-order valence-corrected chi connectivity index (χ3v) is 2.99. The molecule has 23 heavy (non-hydrogen) atoms. The van der Waals surface area contributed by atoms with Crippen LogP contribution < -0.4 is 15.8 Å². The number of benzene rings is 2. The zero-order valence-electron chi connectivity index (χ0n) is 11.8. The molecule has 0 saturated carbocycles. The van der Waals surface area contributed by atoms with Crippen molar-refractivity contribution < 1.29 is 13.5 Å². The van der Waals surface area contributed by atoms with Crippen LogP contribution in [0.3, 0.4) is 0 Å². The first-order valence-corrected chi connectivity index (χ1v) is 6.69. The standard InChI is InChI=1S/C16H12F2N4O/c17-12-7-6-10(8-13(12)18)22-15-14(19)16(21-9-20-15)23-11-4-2-1-3-5-11/h1-9H,19H2,(H,20,21,22). The van der Waals surface area contributed by atoms with Gasteiger partial charge < -0.3 is 15.8 Å². The molecule has 1 aromatic heterocycles. The molecule has 3 aromatic rings. The van der Waals surface area contributed by atoms with Gasteiger partial charge in [0, 0.05) is 11.8 Å². The summed E-state index contributed by atoms with van der Waals surface area (Å²) in [7, 11) is 0. The van der Waals surface area contributed by atoms with Gasteiger partial charge in [-0.15, -0.1) is 0 Å². The minimum atomic E-state index is -0.969. The van der Waals surface area contributed by atoms with Crippen molar-refractivity contribution in [3.05, 3.63) is 66.5 Å². The number of rotatable bonds is 4. The van der Waals surface area contributed by atoms with Crippen LogP contribution in [0.2, 0.25) is 0 Å². The summed E-state index contributed by atoms with van der Waals surface area (Å²) in [5, 5.41) is 2.80. The van der Waals surface area contributed by atoms with Crippen LogP contribution in [0.5, 0.6) is 11.6 Å². The topological polar surface area (TPSA) is 73.1 Å². The Hall–Kier alpha value is -3.22. The number of nitrogens with one attached hydrogen (secondary N) is 1. The fourth-order valence-corrected chi connectivity index (χ4v) is 1.87. The molecule has 7 heteroatoms. The lowest BCUT2D eigenvalue weighted by Gasteiger charge is -2.11. The van der Waals surface area contributed by atoms with Gasteiger partial charge in [-0.05, 0) is 24.3 Å². The summed E-state index contributed by atoms with van der Waals surface area (Å²) >= 11 is 0. The number of hydrogen-bond acceptors (Lipinski definition) is 5. The van der Waals surface area contributed by atoms with E-state index in [1.807, 2.05) is 18.2 Å². The summed E-state index contributed by atoms with van der Waals surface area (Å²) in [5.74, 6) is -0.937. The molecule has 3 rings (SSSR count). The molecule has 2 aromatic carbocycles. The molecule has 0 fully saturated rings. The Morgan fingerprint density at radius 2 is 1.74 bits per heavy atom. The Morgan fingerprint density at radius 3 is 2.48 bits per heavy atom. The molecule has 0 saturated heterocycles. The van der Waals surface area contributed by atoms with E-state index in [9.17, 15) is 8.78 Å². The van der Waals surface area contributed by atoms with Crippen LogP contribution >= 0.6 is 0 Å². The molecule has 0 aliphatic carbocycles. The number of nitrogens with zero attached hydrogens (tertiary/aromatic N) is 2. The molecule has 1 heterocycles. The average molecular weight is 314 g/mol. The van der Waals surface area contributed by atoms with Gasteiger partial charge in [0.2, 0.25) is 5.88 Å². The highest BCUT2D eigenvalue weighted by atomic mass is 19.2. The van der Waals surface area contributed by atoms with Crippen LogP contribution in [0, 0.1) is 11.6 Å². The highest BCUT2D eigenvalue weighted by Gasteiger charge is 2.11. The molecule has 0 unspecified atom stereocenters. The number of halogens is 2. The van der Waals surface area contributed by atoms with Crippen LogP contribution in [0.4, 0.5) is 26.0 Å². The zero-order valence-corrected chi connectivity index (χ0v) is 11.8. The van der Waals surface area contributed by atoms with Gasteiger partial charge in [-0.1, -0.05) is 18.2 Å². The SMILES string of the molecule is Nc1c(Nc2ccc(F)c(F)c2)ncnc1Oc1ccccc1. The molecule has 0 aliphatic heterocycles. The number of aromatic nitrogens is 2. The quantitative estimate of drug-likeness (QED) is 0.764. The van der Waals surface area contributed by atoms with Crippen molar-refractivity contribution in [1.82, 2.24) is 9.97 Å². The Bertz CT molecular complexity index is 828. The summed E-state index contributed by atoms with van der Waals surface area (Å²) in [5.41, 5.74) is 6.43. The minimum Gasteiger partial charge on any atom is -0.437 e.